The highest BCUT2D eigenvalue weighted by atomic mass is 32.2. The molecule has 1 saturated carbocycles. The largest absolute Gasteiger partial charge is 0.353 e. The number of fused-ring (bicyclic) bond motifs is 3. The van der Waals surface area contributed by atoms with Gasteiger partial charge in [-0.15, -0.1) is 0 Å². The first kappa shape index (κ1) is 25.1. The molecule has 8 nitrogen and oxygen atoms in total. The number of benzene rings is 2. The number of para-hydroxylation sites is 1. The fourth-order valence-corrected chi connectivity index (χ4v) is 5.54. The van der Waals surface area contributed by atoms with Gasteiger partial charge >= 0.3 is 0 Å². The average molecular weight is 522 g/mol. The van der Waals surface area contributed by atoms with Gasteiger partial charge in [-0.2, -0.15) is 0 Å². The molecule has 0 radical (unpaired) electrons. The van der Waals surface area contributed by atoms with Crippen molar-refractivity contribution < 1.29 is 18.8 Å². The fourth-order valence-electron chi connectivity index (χ4n) is 4.73. The van der Waals surface area contributed by atoms with Gasteiger partial charge in [-0.25, -0.2) is 14.3 Å². The SMILES string of the molecule is O=C(CC1N=C2c3ccccc3N=C(SCC(=O)NC3CCCCC3)N2C1=O)NCc1ccc(F)cc1. The molecule has 10 heteroatoms. The summed E-state index contributed by atoms with van der Waals surface area (Å²) in [5.74, 6) is -0.528. The highest BCUT2D eigenvalue weighted by molar-refractivity contribution is 8.14. The van der Waals surface area contributed by atoms with Crippen LogP contribution in [-0.2, 0) is 20.9 Å². The molecule has 192 valence electrons. The number of nitrogens with one attached hydrogen (secondary N) is 2. The zero-order valence-corrected chi connectivity index (χ0v) is 21.1. The summed E-state index contributed by atoms with van der Waals surface area (Å²) in [7, 11) is 0. The van der Waals surface area contributed by atoms with Gasteiger partial charge < -0.3 is 10.6 Å². The van der Waals surface area contributed by atoms with E-state index < -0.39 is 6.04 Å². The number of carbonyl (C=O) groups excluding carboxylic acids is 3. The van der Waals surface area contributed by atoms with Crippen molar-refractivity contribution in [1.29, 1.82) is 0 Å². The summed E-state index contributed by atoms with van der Waals surface area (Å²) in [6.45, 7) is 0.224. The first-order valence-electron chi connectivity index (χ1n) is 12.5. The Morgan fingerprint density at radius 2 is 1.78 bits per heavy atom. The Labute approximate surface area is 218 Å². The van der Waals surface area contributed by atoms with Gasteiger partial charge in [0.05, 0.1) is 17.9 Å². The van der Waals surface area contributed by atoms with Crippen LogP contribution in [0.25, 0.3) is 0 Å². The van der Waals surface area contributed by atoms with Gasteiger partial charge in [-0.1, -0.05) is 55.3 Å². The van der Waals surface area contributed by atoms with Crippen molar-refractivity contribution in [3.05, 3.63) is 65.5 Å². The molecule has 0 saturated heterocycles. The molecular weight excluding hydrogens is 493 g/mol. The Bertz CT molecular complexity index is 1260. The van der Waals surface area contributed by atoms with Crippen LogP contribution in [0.1, 0.15) is 49.7 Å². The number of hydrogen-bond donors (Lipinski definition) is 2. The number of rotatable bonds is 7. The van der Waals surface area contributed by atoms with Crippen LogP contribution in [0, 0.1) is 5.82 Å². The second-order valence-electron chi connectivity index (χ2n) is 9.35. The molecule has 1 fully saturated rings. The lowest BCUT2D eigenvalue weighted by atomic mass is 9.95. The van der Waals surface area contributed by atoms with Gasteiger partial charge in [0.25, 0.3) is 5.91 Å². The van der Waals surface area contributed by atoms with E-state index in [2.05, 4.69) is 20.6 Å². The standard InChI is InChI=1S/C27H28FN5O3S/c28-18-12-10-17(11-13-18)15-29-23(34)14-22-26(36)33-25(31-22)20-8-4-5-9-21(20)32-27(33)37-16-24(35)30-19-6-2-1-3-7-19/h4-5,8-13,19,22H,1-3,6-7,14-16H2,(H,29,34)(H,30,35). The fraction of sp³-hybridized carbons (Fsp3) is 0.370. The lowest BCUT2D eigenvalue weighted by Crippen LogP contribution is -2.43. The van der Waals surface area contributed by atoms with Crippen molar-refractivity contribution in [1.82, 2.24) is 15.5 Å². The molecule has 0 bridgehead atoms. The Hall–Kier alpha value is -3.53. The number of amidine groups is 2. The number of amides is 3. The van der Waals surface area contributed by atoms with Gasteiger partial charge in [-0.05, 0) is 42.7 Å². The van der Waals surface area contributed by atoms with Crippen molar-refractivity contribution in [3.8, 4) is 0 Å². The minimum Gasteiger partial charge on any atom is -0.353 e. The lowest BCUT2D eigenvalue weighted by Gasteiger charge is -2.26. The highest BCUT2D eigenvalue weighted by Crippen LogP contribution is 2.34. The highest BCUT2D eigenvalue weighted by Gasteiger charge is 2.42. The zero-order valence-electron chi connectivity index (χ0n) is 20.3. The van der Waals surface area contributed by atoms with Crippen LogP contribution in [0.15, 0.2) is 58.5 Å². The molecule has 3 amide bonds. The summed E-state index contributed by atoms with van der Waals surface area (Å²) in [5.41, 5.74) is 2.13. The third kappa shape index (κ3) is 5.90. The molecule has 1 atom stereocenters. The summed E-state index contributed by atoms with van der Waals surface area (Å²) >= 11 is 1.20. The minimum atomic E-state index is -0.892. The Morgan fingerprint density at radius 1 is 1.03 bits per heavy atom. The smallest absolute Gasteiger partial charge is 0.259 e. The molecule has 2 heterocycles. The second-order valence-corrected chi connectivity index (χ2v) is 10.3. The third-order valence-corrected chi connectivity index (χ3v) is 7.57. The first-order chi connectivity index (χ1) is 18.0. The van der Waals surface area contributed by atoms with Crippen LogP contribution >= 0.6 is 11.8 Å². The summed E-state index contributed by atoms with van der Waals surface area (Å²) in [6.07, 6.45) is 5.34. The van der Waals surface area contributed by atoms with Gasteiger partial charge in [0.1, 0.15) is 17.7 Å². The maximum atomic E-state index is 13.4. The number of hydrogen-bond acceptors (Lipinski definition) is 6. The number of aliphatic imine (C=N–C) groups is 2. The molecule has 0 aromatic heterocycles. The lowest BCUT2D eigenvalue weighted by molar-refractivity contribution is -0.128. The average Bonchev–Trinajstić information content (AvgIpc) is 3.23. The van der Waals surface area contributed by atoms with E-state index in [1.54, 1.807) is 12.1 Å². The molecule has 2 N–H and O–H groups in total. The predicted octanol–water partition coefficient (Wildman–Crippen LogP) is 3.67. The van der Waals surface area contributed by atoms with Gasteiger partial charge in [0.2, 0.25) is 11.8 Å². The van der Waals surface area contributed by atoms with E-state index in [0.29, 0.717) is 22.3 Å². The minimum absolute atomic E-state index is 0.0830. The van der Waals surface area contributed by atoms with E-state index in [4.69, 9.17) is 0 Å². The molecule has 0 spiro atoms. The van der Waals surface area contributed by atoms with Crippen LogP contribution in [0.2, 0.25) is 0 Å². The van der Waals surface area contributed by atoms with Crippen LogP contribution in [0.5, 0.6) is 0 Å². The molecule has 2 aromatic rings. The Morgan fingerprint density at radius 3 is 2.57 bits per heavy atom. The van der Waals surface area contributed by atoms with Crippen molar-refractivity contribution in [2.24, 2.45) is 9.98 Å². The van der Waals surface area contributed by atoms with E-state index in [1.807, 2.05) is 24.3 Å². The van der Waals surface area contributed by atoms with Gasteiger partial charge in [-0.3, -0.25) is 19.4 Å². The first-order valence-corrected chi connectivity index (χ1v) is 13.5. The van der Waals surface area contributed by atoms with Crippen LogP contribution in [-0.4, -0.2) is 51.5 Å². The molecule has 2 aromatic carbocycles. The Kier molecular flexibility index (Phi) is 7.64. The van der Waals surface area contributed by atoms with Crippen molar-refractivity contribution in [2.45, 2.75) is 57.2 Å². The predicted molar refractivity (Wildman–Crippen MR) is 141 cm³/mol. The normalized spacial score (nSPS) is 19.0. The molecule has 5 rings (SSSR count). The monoisotopic (exact) mass is 521 g/mol. The van der Waals surface area contributed by atoms with Crippen LogP contribution < -0.4 is 10.6 Å². The van der Waals surface area contributed by atoms with E-state index in [0.717, 1.165) is 31.2 Å². The second kappa shape index (κ2) is 11.2. The third-order valence-electron chi connectivity index (χ3n) is 6.63. The number of carbonyl (C=O) groups is 3. The van der Waals surface area contributed by atoms with Gasteiger partial charge in [0.15, 0.2) is 5.17 Å². The maximum absolute atomic E-state index is 13.4. The van der Waals surface area contributed by atoms with Crippen molar-refractivity contribution >= 4 is 46.2 Å². The van der Waals surface area contributed by atoms with E-state index >= 15 is 0 Å². The summed E-state index contributed by atoms with van der Waals surface area (Å²) in [6, 6.07) is 12.5. The molecule has 37 heavy (non-hydrogen) atoms. The summed E-state index contributed by atoms with van der Waals surface area (Å²) < 4.78 is 13.1. The molecule has 3 aliphatic rings. The number of nitrogens with zero attached hydrogens (tertiary/aromatic N) is 3. The van der Waals surface area contributed by atoms with Crippen molar-refractivity contribution in [2.75, 3.05) is 5.75 Å². The number of thioether (sulfide) groups is 1. The molecule has 1 unspecified atom stereocenters. The molecule has 2 aliphatic heterocycles. The van der Waals surface area contributed by atoms with E-state index in [-0.39, 0.29) is 48.3 Å². The number of halogens is 1. The summed E-state index contributed by atoms with van der Waals surface area (Å²) in [5, 5.41) is 6.24. The van der Waals surface area contributed by atoms with E-state index in [9.17, 15) is 18.8 Å². The van der Waals surface area contributed by atoms with Crippen molar-refractivity contribution in [3.63, 3.8) is 0 Å². The van der Waals surface area contributed by atoms with Gasteiger partial charge in [0, 0.05) is 18.2 Å². The molecular formula is C27H28FN5O3S. The van der Waals surface area contributed by atoms with Crippen LogP contribution in [0.4, 0.5) is 10.1 Å². The topological polar surface area (TPSA) is 103 Å². The zero-order chi connectivity index (χ0) is 25.8. The Balaban J connectivity index is 1.25. The quantitative estimate of drug-likeness (QED) is 0.580. The molecule has 1 aliphatic carbocycles. The summed E-state index contributed by atoms with van der Waals surface area (Å²) in [4.78, 5) is 49.2. The maximum Gasteiger partial charge on any atom is 0.259 e. The van der Waals surface area contributed by atoms with Crippen LogP contribution in [0.3, 0.4) is 0 Å². The van der Waals surface area contributed by atoms with E-state index in [1.165, 1.54) is 35.2 Å².